The van der Waals surface area contributed by atoms with Crippen LogP contribution in [0.2, 0.25) is 0 Å². The molecule has 1 rings (SSSR count). The molecule has 0 amide bonds. The van der Waals surface area contributed by atoms with Crippen LogP contribution in [-0.2, 0) is 0 Å². The average molecular weight is 270 g/mol. The molecule has 0 bridgehead atoms. The van der Waals surface area contributed by atoms with Gasteiger partial charge in [0.05, 0.1) is 0 Å². The summed E-state index contributed by atoms with van der Waals surface area (Å²) in [5, 5.41) is 17.6. The molecule has 0 heterocycles. The Labute approximate surface area is 119 Å². The third-order valence-electron chi connectivity index (χ3n) is 2.72. The van der Waals surface area contributed by atoms with Crippen molar-refractivity contribution in [3.63, 3.8) is 0 Å². The van der Waals surface area contributed by atoms with Gasteiger partial charge in [0.2, 0.25) is 0 Å². The van der Waals surface area contributed by atoms with Crippen molar-refractivity contribution in [1.82, 2.24) is 0 Å². The van der Waals surface area contributed by atoms with Gasteiger partial charge in [-0.05, 0) is 29.9 Å². The summed E-state index contributed by atoms with van der Waals surface area (Å²) in [5.41, 5.74) is 1.11. The molecule has 0 aliphatic rings. The Kier molecular flexibility index (Phi) is 7.47. The molecule has 98 valence electrons. The van der Waals surface area contributed by atoms with Gasteiger partial charge in [0.25, 0.3) is 0 Å². The largest absolute Gasteiger partial charge is 0.192 e. The number of thioether (sulfide) groups is 1. The van der Waals surface area contributed by atoms with E-state index < -0.39 is 0 Å². The number of allylic oxidation sites excluding steroid dienone is 1. The van der Waals surface area contributed by atoms with Crippen LogP contribution in [0.3, 0.4) is 0 Å². The number of nitrogens with zero attached hydrogens (tertiary/aromatic N) is 2. The second kappa shape index (κ2) is 9.25. The van der Waals surface area contributed by atoms with Crippen LogP contribution in [0.25, 0.3) is 6.08 Å². The fourth-order valence-electron chi connectivity index (χ4n) is 1.69. The zero-order chi connectivity index (χ0) is 13.9. The van der Waals surface area contributed by atoms with Crippen LogP contribution >= 0.6 is 11.8 Å². The van der Waals surface area contributed by atoms with Gasteiger partial charge < -0.3 is 0 Å². The van der Waals surface area contributed by atoms with Crippen LogP contribution in [-0.4, -0.2) is 5.75 Å². The average Bonchev–Trinajstić information content (AvgIpc) is 2.45. The first-order valence-electron chi connectivity index (χ1n) is 6.55. The summed E-state index contributed by atoms with van der Waals surface area (Å²) in [6, 6.07) is 11.7. The maximum atomic E-state index is 8.80. The second-order valence-corrected chi connectivity index (χ2v) is 5.37. The summed E-state index contributed by atoms with van der Waals surface area (Å²) in [4.78, 5) is 1.14. The zero-order valence-corrected chi connectivity index (χ0v) is 12.0. The van der Waals surface area contributed by atoms with Crippen LogP contribution in [0.15, 0.2) is 34.7 Å². The molecule has 0 aliphatic carbocycles. The van der Waals surface area contributed by atoms with E-state index in [1.807, 2.05) is 36.4 Å². The molecule has 1 aromatic rings. The van der Waals surface area contributed by atoms with E-state index in [0.29, 0.717) is 0 Å². The van der Waals surface area contributed by atoms with E-state index in [1.165, 1.54) is 25.7 Å². The highest BCUT2D eigenvalue weighted by atomic mass is 32.2. The Morgan fingerprint density at radius 2 is 1.89 bits per heavy atom. The molecule has 0 N–H and O–H groups in total. The standard InChI is InChI=1S/C16H18N2S/c1-2-3-4-7-10-19-16-9-6-5-8-15(16)11-14(12-17)13-18/h5-6,8-9,11H,2-4,7,10H2,1H3. The maximum Gasteiger partial charge on any atom is 0.130 e. The SMILES string of the molecule is CCCCCCSc1ccccc1C=C(C#N)C#N. The fraction of sp³-hybridized carbons (Fsp3) is 0.375. The van der Waals surface area contributed by atoms with Crippen LogP contribution in [0.1, 0.15) is 38.2 Å². The number of hydrogen-bond acceptors (Lipinski definition) is 3. The normalized spacial score (nSPS) is 9.42. The Morgan fingerprint density at radius 3 is 2.58 bits per heavy atom. The lowest BCUT2D eigenvalue weighted by atomic mass is 10.1. The minimum atomic E-state index is 0.152. The Morgan fingerprint density at radius 1 is 1.16 bits per heavy atom. The number of hydrogen-bond donors (Lipinski definition) is 0. The highest BCUT2D eigenvalue weighted by Gasteiger charge is 2.02. The summed E-state index contributed by atoms with van der Waals surface area (Å²) < 4.78 is 0. The monoisotopic (exact) mass is 270 g/mol. The summed E-state index contributed by atoms with van der Waals surface area (Å²) in [7, 11) is 0. The van der Waals surface area contributed by atoms with Gasteiger partial charge >= 0.3 is 0 Å². The van der Waals surface area contributed by atoms with Crippen molar-refractivity contribution in [2.45, 2.75) is 37.5 Å². The van der Waals surface area contributed by atoms with Crippen molar-refractivity contribution in [3.8, 4) is 12.1 Å². The van der Waals surface area contributed by atoms with Gasteiger partial charge in [-0.2, -0.15) is 10.5 Å². The highest BCUT2D eigenvalue weighted by molar-refractivity contribution is 7.99. The molecule has 19 heavy (non-hydrogen) atoms. The third-order valence-corrected chi connectivity index (χ3v) is 3.89. The molecule has 0 aliphatic heterocycles. The van der Waals surface area contributed by atoms with Gasteiger partial charge in [-0.3, -0.25) is 0 Å². The molecular formula is C16H18N2S. The first-order valence-corrected chi connectivity index (χ1v) is 7.54. The van der Waals surface area contributed by atoms with Crippen molar-refractivity contribution in [2.75, 3.05) is 5.75 Å². The first-order chi connectivity index (χ1) is 9.31. The summed E-state index contributed by atoms with van der Waals surface area (Å²) >= 11 is 1.80. The Balaban J connectivity index is 2.67. The predicted octanol–water partition coefficient (Wildman–Crippen LogP) is 4.79. The first kappa shape index (κ1) is 15.3. The Hall–Kier alpha value is -1.71. The molecule has 0 saturated heterocycles. The lowest BCUT2D eigenvalue weighted by Crippen LogP contribution is -1.85. The molecule has 0 radical (unpaired) electrons. The van der Waals surface area contributed by atoms with Crippen molar-refractivity contribution in [1.29, 1.82) is 10.5 Å². The van der Waals surface area contributed by atoms with Gasteiger partial charge in [-0.15, -0.1) is 11.8 Å². The molecule has 0 saturated carbocycles. The number of benzene rings is 1. The van der Waals surface area contributed by atoms with Crippen molar-refractivity contribution in [3.05, 3.63) is 35.4 Å². The van der Waals surface area contributed by atoms with Gasteiger partial charge in [-0.25, -0.2) is 0 Å². The molecule has 0 unspecified atom stereocenters. The van der Waals surface area contributed by atoms with E-state index in [-0.39, 0.29) is 5.57 Å². The number of unbranched alkanes of at least 4 members (excludes halogenated alkanes) is 3. The smallest absolute Gasteiger partial charge is 0.130 e. The molecule has 0 fully saturated rings. The predicted molar refractivity (Wildman–Crippen MR) is 80.5 cm³/mol. The van der Waals surface area contributed by atoms with Gasteiger partial charge in [0, 0.05) is 4.90 Å². The summed E-state index contributed by atoms with van der Waals surface area (Å²) in [6.45, 7) is 2.21. The second-order valence-electron chi connectivity index (χ2n) is 4.23. The molecular weight excluding hydrogens is 252 g/mol. The van der Waals surface area contributed by atoms with E-state index in [4.69, 9.17) is 10.5 Å². The quantitative estimate of drug-likeness (QED) is 0.406. The van der Waals surface area contributed by atoms with E-state index in [1.54, 1.807) is 17.8 Å². The third kappa shape index (κ3) is 5.64. The van der Waals surface area contributed by atoms with Crippen molar-refractivity contribution < 1.29 is 0 Å². The lowest BCUT2D eigenvalue weighted by Gasteiger charge is -2.05. The summed E-state index contributed by atoms with van der Waals surface area (Å²) in [5.74, 6) is 1.08. The molecule has 3 heteroatoms. The van der Waals surface area contributed by atoms with E-state index in [0.717, 1.165) is 16.2 Å². The van der Waals surface area contributed by atoms with Crippen molar-refractivity contribution >= 4 is 17.8 Å². The molecule has 2 nitrogen and oxygen atoms in total. The van der Waals surface area contributed by atoms with Crippen LogP contribution in [0.4, 0.5) is 0 Å². The van der Waals surface area contributed by atoms with E-state index >= 15 is 0 Å². The van der Waals surface area contributed by atoms with Crippen LogP contribution < -0.4 is 0 Å². The Bertz CT molecular complexity index is 490. The molecule has 0 atom stereocenters. The van der Waals surface area contributed by atoms with Crippen LogP contribution in [0, 0.1) is 22.7 Å². The molecule has 0 aromatic heterocycles. The minimum Gasteiger partial charge on any atom is -0.192 e. The zero-order valence-electron chi connectivity index (χ0n) is 11.2. The molecule has 1 aromatic carbocycles. The van der Waals surface area contributed by atoms with Gasteiger partial charge in [0.1, 0.15) is 17.7 Å². The minimum absolute atomic E-state index is 0.152. The van der Waals surface area contributed by atoms with Gasteiger partial charge in [0.15, 0.2) is 0 Å². The number of rotatable bonds is 7. The highest BCUT2D eigenvalue weighted by Crippen LogP contribution is 2.25. The maximum absolute atomic E-state index is 8.80. The molecule has 0 spiro atoms. The summed E-state index contributed by atoms with van der Waals surface area (Å²) in [6.07, 6.45) is 6.67. The topological polar surface area (TPSA) is 47.6 Å². The van der Waals surface area contributed by atoms with E-state index in [9.17, 15) is 0 Å². The lowest BCUT2D eigenvalue weighted by molar-refractivity contribution is 0.706. The van der Waals surface area contributed by atoms with Crippen LogP contribution in [0.5, 0.6) is 0 Å². The fourth-order valence-corrected chi connectivity index (χ4v) is 2.72. The number of nitriles is 2. The van der Waals surface area contributed by atoms with Crippen molar-refractivity contribution in [2.24, 2.45) is 0 Å². The van der Waals surface area contributed by atoms with Gasteiger partial charge in [-0.1, -0.05) is 44.4 Å². The van der Waals surface area contributed by atoms with E-state index in [2.05, 4.69) is 6.92 Å².